The van der Waals surface area contributed by atoms with Crippen LogP contribution in [0.5, 0.6) is 0 Å². The second-order valence-electron chi connectivity index (χ2n) is 30.7. The van der Waals surface area contributed by atoms with E-state index in [0.29, 0.717) is 5.56 Å². The number of fused-ring (bicyclic) bond motifs is 26. The molecule has 0 aliphatic rings. The number of hydrogen-bond acceptors (Lipinski definition) is 1. The Morgan fingerprint density at radius 2 is 0.568 bits per heavy atom. The summed E-state index contributed by atoms with van der Waals surface area (Å²) in [5.41, 5.74) is 20.3. The van der Waals surface area contributed by atoms with Gasteiger partial charge in [-0.25, -0.2) is 0 Å². The van der Waals surface area contributed by atoms with Crippen LogP contribution in [0.2, 0.25) is 0 Å². The van der Waals surface area contributed by atoms with Crippen LogP contribution in [-0.4, -0.2) is 33.3 Å². The highest BCUT2D eigenvalue weighted by molar-refractivity contribution is 6.29. The summed E-state index contributed by atoms with van der Waals surface area (Å²) in [6.07, 6.45) is 6.49. The summed E-state index contributed by atoms with van der Waals surface area (Å²) in [4.78, 5) is 13.6. The van der Waals surface area contributed by atoms with E-state index in [-0.39, 0.29) is 13.3 Å². The highest BCUT2D eigenvalue weighted by atomic mass is 16.2. The topological polar surface area (TPSA) is 46.6 Å². The minimum Gasteiger partial charge on any atom is -0.316 e. The van der Waals surface area contributed by atoms with Crippen LogP contribution in [0.15, 0.2) is 419 Å². The zero-order valence-corrected chi connectivity index (χ0v) is 63.9. The van der Waals surface area contributed by atoms with E-state index in [1.54, 1.807) is 0 Å². The maximum atomic E-state index is 13.6. The van der Waals surface area contributed by atoms with Gasteiger partial charge in [0, 0.05) is 101 Å². The third kappa shape index (κ3) is 11.0. The molecule has 7 nitrogen and oxygen atoms in total. The average Bonchev–Trinajstić information content (AvgIpc) is 1.51. The molecule has 6 aromatic heterocycles. The van der Waals surface area contributed by atoms with Gasteiger partial charge in [-0.1, -0.05) is 286 Å². The summed E-state index contributed by atoms with van der Waals surface area (Å²) in [5, 5.41) is 26.3. The summed E-state index contributed by atoms with van der Waals surface area (Å²) >= 11 is 0. The van der Waals surface area contributed by atoms with Gasteiger partial charge in [-0.05, 0) is 210 Å². The van der Waals surface area contributed by atoms with Crippen molar-refractivity contribution in [2.24, 2.45) is 0 Å². The van der Waals surface area contributed by atoms with Crippen molar-refractivity contribution < 1.29 is 4.79 Å². The van der Waals surface area contributed by atoms with Gasteiger partial charge in [0.1, 0.15) is 0 Å². The molecule has 0 amide bonds. The zero-order valence-electron chi connectivity index (χ0n) is 63.9. The van der Waals surface area contributed by atoms with Crippen molar-refractivity contribution in [3.63, 3.8) is 0 Å². The second kappa shape index (κ2) is 27.9. The van der Waals surface area contributed by atoms with E-state index in [2.05, 4.69) is 381 Å². The standard InChI is InChI=1S/C44H28N2.C38H24N2.C28H20N2O.CH4/c1-3-11-29(12-4-1)31-20-22-36-37-24-21-33(28-41(37)35-16-8-7-15-34(35)40(36)27-31)46-42-18-10-9-17-38(42)39-23-19-30-25-26-45(43(30)44(39)46)32-13-5-2-6-14-32;1-2-10-26(11-3-1)39-23-22-25-18-20-34-33-16-8-9-17-36(33)40(38(34)37(25)39)27-19-21-32-30-14-5-4-12-28(30)29-13-6-7-15-31(29)35(32)24-27;1-19-11-13-20(14-12-19)28(31)30-25-10-6-5-9-23(25)24-17-21-15-16-29(26(21)18-27(24)30)22-7-3-2-4-8-22;/h1-28H;1-24H;2-18H,1H3;1H4. The van der Waals surface area contributed by atoms with Gasteiger partial charge in [0.2, 0.25) is 0 Å². The molecule has 0 atom stereocenters. The van der Waals surface area contributed by atoms with Crippen LogP contribution < -0.4 is 0 Å². The first kappa shape index (κ1) is 69.2. The Morgan fingerprint density at radius 1 is 0.212 bits per heavy atom. The lowest BCUT2D eigenvalue weighted by Crippen LogP contribution is -2.11. The zero-order chi connectivity index (χ0) is 77.3. The van der Waals surface area contributed by atoms with Gasteiger partial charge >= 0.3 is 0 Å². The third-order valence-corrected chi connectivity index (χ3v) is 24.2. The van der Waals surface area contributed by atoms with Gasteiger partial charge in [-0.2, -0.15) is 0 Å². The van der Waals surface area contributed by atoms with Gasteiger partial charge in [-0.3, -0.25) is 9.36 Å². The molecule has 19 aromatic carbocycles. The number of carbonyl (C=O) groups excluding carboxylic acids is 1. The minimum absolute atomic E-state index is 0. The van der Waals surface area contributed by atoms with Crippen LogP contribution in [0, 0.1) is 6.92 Å². The largest absolute Gasteiger partial charge is 0.316 e. The predicted molar refractivity (Wildman–Crippen MR) is 500 cm³/mol. The number of rotatable bonds is 7. The van der Waals surface area contributed by atoms with Crippen LogP contribution in [0.25, 0.3) is 202 Å². The van der Waals surface area contributed by atoms with Crippen LogP contribution in [0.3, 0.4) is 0 Å². The Kier molecular flexibility index (Phi) is 16.4. The average molecular weight is 1510 g/mol. The van der Waals surface area contributed by atoms with E-state index in [4.69, 9.17) is 0 Å². The monoisotopic (exact) mass is 1510 g/mol. The number of carbonyl (C=O) groups is 1. The molecule has 0 aliphatic carbocycles. The Bertz CT molecular complexity index is 8270. The molecular weight excluding hydrogens is 1430 g/mol. The van der Waals surface area contributed by atoms with E-state index in [9.17, 15) is 4.79 Å². The number of aromatic nitrogens is 6. The minimum atomic E-state index is -0.0108. The Balaban J connectivity index is 0.000000108. The molecule has 556 valence electrons. The van der Waals surface area contributed by atoms with Crippen LogP contribution in [0.1, 0.15) is 23.3 Å². The fraction of sp³-hybridized carbons (Fsp3) is 0.0180. The number of benzene rings is 19. The molecule has 0 aliphatic heterocycles. The Labute approximate surface area is 680 Å². The van der Waals surface area contributed by atoms with Gasteiger partial charge in [0.25, 0.3) is 5.91 Å². The van der Waals surface area contributed by atoms with Crippen molar-refractivity contribution in [1.29, 1.82) is 0 Å². The number of aryl methyl sites for hydroxylation is 1. The van der Waals surface area contributed by atoms with E-state index in [0.717, 1.165) is 61.0 Å². The lowest BCUT2D eigenvalue weighted by atomic mass is 9.92. The molecule has 6 heterocycles. The van der Waals surface area contributed by atoms with Gasteiger partial charge in [0.15, 0.2) is 0 Å². The Hall–Kier alpha value is -15.6. The van der Waals surface area contributed by atoms with Crippen LogP contribution in [0.4, 0.5) is 0 Å². The lowest BCUT2D eigenvalue weighted by molar-refractivity contribution is 0.0969. The number of hydrogen-bond donors (Lipinski definition) is 0. The van der Waals surface area contributed by atoms with Crippen molar-refractivity contribution in [3.05, 3.63) is 430 Å². The fourth-order valence-electron chi connectivity index (χ4n) is 18.9. The third-order valence-electron chi connectivity index (χ3n) is 24.2. The van der Waals surface area contributed by atoms with E-state index < -0.39 is 0 Å². The van der Waals surface area contributed by atoms with Crippen LogP contribution >= 0.6 is 0 Å². The van der Waals surface area contributed by atoms with Crippen molar-refractivity contribution >= 4 is 169 Å². The molecule has 7 heteroatoms. The fourth-order valence-corrected chi connectivity index (χ4v) is 18.9. The van der Waals surface area contributed by atoms with Crippen LogP contribution in [-0.2, 0) is 0 Å². The molecule has 0 N–H and O–H groups in total. The molecule has 25 rings (SSSR count). The highest BCUT2D eigenvalue weighted by Gasteiger charge is 2.24. The first-order chi connectivity index (χ1) is 57.9. The lowest BCUT2D eigenvalue weighted by Gasteiger charge is -2.15. The normalized spacial score (nSPS) is 11.7. The Morgan fingerprint density at radius 3 is 1.04 bits per heavy atom. The molecule has 118 heavy (non-hydrogen) atoms. The smallest absolute Gasteiger partial charge is 0.262 e. The SMILES string of the molecule is C.Cc1ccc(C(=O)n2c3ccccc3c3cc4ccn(-c5ccccc5)c4cc32)cc1.c1ccc(-c2ccc3c4ccc(-n5c6ccccc6c6ccc7ccn(-c8ccccc8)c7c65)cc4c4ccccc4c3c2)cc1.c1ccc(-n2ccc3ccc4c5ccccc5n(-c5ccc6c7ccccc7c7ccccc7c6c5)c4c32)cc1. The van der Waals surface area contributed by atoms with E-state index in [1.165, 1.54) is 147 Å². The van der Waals surface area contributed by atoms with Crippen molar-refractivity contribution in [2.45, 2.75) is 14.4 Å². The van der Waals surface area contributed by atoms with Crippen molar-refractivity contribution in [2.75, 3.05) is 0 Å². The molecule has 0 fully saturated rings. The predicted octanol–water partition coefficient (Wildman–Crippen LogP) is 29.4. The maximum absolute atomic E-state index is 13.6. The van der Waals surface area contributed by atoms with Crippen molar-refractivity contribution in [1.82, 2.24) is 27.4 Å². The maximum Gasteiger partial charge on any atom is 0.262 e. The summed E-state index contributed by atoms with van der Waals surface area (Å²) in [6.45, 7) is 2.03. The summed E-state index contributed by atoms with van der Waals surface area (Å²) in [7, 11) is 0. The number of nitrogens with zero attached hydrogens (tertiary/aromatic N) is 6. The summed E-state index contributed by atoms with van der Waals surface area (Å²) in [6, 6.07) is 143. The molecule has 0 unspecified atom stereocenters. The molecular formula is C111H76N6O. The summed E-state index contributed by atoms with van der Waals surface area (Å²) < 4.78 is 13.6. The van der Waals surface area contributed by atoms with E-state index in [1.807, 2.05) is 72.2 Å². The van der Waals surface area contributed by atoms with Gasteiger partial charge < -0.3 is 22.8 Å². The van der Waals surface area contributed by atoms with Gasteiger partial charge in [-0.15, -0.1) is 0 Å². The molecule has 0 saturated heterocycles. The number of para-hydroxylation sites is 6. The quantitative estimate of drug-likeness (QED) is 0.147. The van der Waals surface area contributed by atoms with E-state index >= 15 is 0 Å². The first-order valence-corrected chi connectivity index (χ1v) is 40.1. The highest BCUT2D eigenvalue weighted by Crippen LogP contribution is 2.45. The summed E-state index contributed by atoms with van der Waals surface area (Å²) in [5.74, 6) is -0.0108. The second-order valence-corrected chi connectivity index (χ2v) is 30.7. The van der Waals surface area contributed by atoms with Gasteiger partial charge in [0.05, 0.1) is 49.7 Å². The molecule has 0 radical (unpaired) electrons. The molecule has 0 bridgehead atoms. The molecule has 25 aromatic rings. The first-order valence-electron chi connectivity index (χ1n) is 40.1. The molecule has 0 spiro atoms. The van der Waals surface area contributed by atoms with Crippen molar-refractivity contribution in [3.8, 4) is 39.6 Å². The molecule has 0 saturated carbocycles.